The fraction of sp³-hybridized carbons (Fsp3) is 0.467. The zero-order valence-corrected chi connectivity index (χ0v) is 11.6. The van der Waals surface area contributed by atoms with E-state index in [2.05, 4.69) is 12.1 Å². The third kappa shape index (κ3) is 2.41. The lowest BCUT2D eigenvalue weighted by atomic mass is 9.98. The van der Waals surface area contributed by atoms with E-state index in [1.165, 1.54) is 0 Å². The van der Waals surface area contributed by atoms with Gasteiger partial charge in [0.05, 0.1) is 6.42 Å². The van der Waals surface area contributed by atoms with E-state index in [-0.39, 0.29) is 24.4 Å². The number of nitrogens with zero attached hydrogens (tertiary/aromatic N) is 2. The first-order valence-corrected chi connectivity index (χ1v) is 7.03. The summed E-state index contributed by atoms with van der Waals surface area (Å²) < 4.78 is 5.24. The van der Waals surface area contributed by atoms with Crippen LogP contribution in [0.5, 0.6) is 0 Å². The first-order chi connectivity index (χ1) is 9.65. The van der Waals surface area contributed by atoms with Crippen LogP contribution in [0.15, 0.2) is 28.8 Å². The van der Waals surface area contributed by atoms with Gasteiger partial charge in [0.25, 0.3) is 0 Å². The first kappa shape index (κ1) is 13.1. The standard InChI is InChI=1S/C15H19N3O2/c1-10-8-11(16)6-7-18(10)15(19)9-13-12-4-2-3-5-14(12)20-17-13/h2-5,10-11H,6-9,16H2,1H3/t10-,11-/m1/s1. The minimum absolute atomic E-state index is 0.100. The Morgan fingerprint density at radius 1 is 1.50 bits per heavy atom. The molecule has 1 amide bonds. The highest BCUT2D eigenvalue weighted by atomic mass is 16.5. The van der Waals surface area contributed by atoms with Gasteiger partial charge in [-0.1, -0.05) is 17.3 Å². The Morgan fingerprint density at radius 3 is 3.10 bits per heavy atom. The van der Waals surface area contributed by atoms with Crippen LogP contribution in [-0.4, -0.2) is 34.6 Å². The number of benzene rings is 1. The van der Waals surface area contributed by atoms with Gasteiger partial charge in [0.15, 0.2) is 5.58 Å². The zero-order chi connectivity index (χ0) is 14.1. The smallest absolute Gasteiger partial charge is 0.228 e. The summed E-state index contributed by atoms with van der Waals surface area (Å²) in [5.41, 5.74) is 7.37. The Labute approximate surface area is 117 Å². The number of para-hydroxylation sites is 1. The molecular weight excluding hydrogens is 254 g/mol. The van der Waals surface area contributed by atoms with E-state index in [1.54, 1.807) is 0 Å². The molecule has 106 valence electrons. The van der Waals surface area contributed by atoms with Gasteiger partial charge in [-0.15, -0.1) is 0 Å². The summed E-state index contributed by atoms with van der Waals surface area (Å²) in [5.74, 6) is 0.100. The van der Waals surface area contributed by atoms with Crippen LogP contribution in [0.3, 0.4) is 0 Å². The van der Waals surface area contributed by atoms with Gasteiger partial charge in [-0.2, -0.15) is 0 Å². The molecule has 0 bridgehead atoms. The maximum atomic E-state index is 12.4. The quantitative estimate of drug-likeness (QED) is 0.904. The van der Waals surface area contributed by atoms with Crippen LogP contribution in [0.1, 0.15) is 25.5 Å². The molecule has 5 nitrogen and oxygen atoms in total. The predicted octanol–water partition coefficient (Wildman–Crippen LogP) is 1.71. The van der Waals surface area contributed by atoms with Crippen LogP contribution in [0, 0.1) is 0 Å². The monoisotopic (exact) mass is 273 g/mol. The van der Waals surface area contributed by atoms with E-state index in [9.17, 15) is 4.79 Å². The van der Waals surface area contributed by atoms with Gasteiger partial charge in [0.2, 0.25) is 5.91 Å². The lowest BCUT2D eigenvalue weighted by Gasteiger charge is -2.36. The molecule has 1 saturated heterocycles. The van der Waals surface area contributed by atoms with Crippen molar-refractivity contribution in [3.05, 3.63) is 30.0 Å². The molecule has 20 heavy (non-hydrogen) atoms. The summed E-state index contributed by atoms with van der Waals surface area (Å²) in [4.78, 5) is 14.3. The molecule has 2 heterocycles. The highest BCUT2D eigenvalue weighted by molar-refractivity contribution is 5.86. The number of hydrogen-bond donors (Lipinski definition) is 1. The maximum absolute atomic E-state index is 12.4. The van der Waals surface area contributed by atoms with Crippen molar-refractivity contribution in [2.45, 2.75) is 38.3 Å². The van der Waals surface area contributed by atoms with Crippen LogP contribution in [0.2, 0.25) is 0 Å². The molecule has 2 atom stereocenters. The number of carbonyl (C=O) groups excluding carboxylic acids is 1. The van der Waals surface area contributed by atoms with E-state index >= 15 is 0 Å². The van der Waals surface area contributed by atoms with Crippen molar-refractivity contribution in [3.8, 4) is 0 Å². The first-order valence-electron chi connectivity index (χ1n) is 7.03. The molecule has 2 aromatic rings. The second-order valence-corrected chi connectivity index (χ2v) is 5.52. The molecule has 0 aliphatic carbocycles. The average Bonchev–Trinajstić information content (AvgIpc) is 2.82. The summed E-state index contributed by atoms with van der Waals surface area (Å²) in [6.45, 7) is 2.79. The Hall–Kier alpha value is -1.88. The second-order valence-electron chi connectivity index (χ2n) is 5.52. The van der Waals surface area contributed by atoms with Crippen LogP contribution in [0.25, 0.3) is 11.0 Å². The zero-order valence-electron chi connectivity index (χ0n) is 11.6. The number of likely N-dealkylation sites (tertiary alicyclic amines) is 1. The summed E-state index contributed by atoms with van der Waals surface area (Å²) in [7, 11) is 0. The normalized spacial score (nSPS) is 23.2. The summed E-state index contributed by atoms with van der Waals surface area (Å²) in [6.07, 6.45) is 2.03. The Bertz CT molecular complexity index is 622. The molecule has 0 spiro atoms. The van der Waals surface area contributed by atoms with Gasteiger partial charge >= 0.3 is 0 Å². The predicted molar refractivity (Wildman–Crippen MR) is 76.1 cm³/mol. The van der Waals surface area contributed by atoms with Gasteiger partial charge < -0.3 is 15.2 Å². The molecule has 1 fully saturated rings. The average molecular weight is 273 g/mol. The number of amides is 1. The van der Waals surface area contributed by atoms with Crippen molar-refractivity contribution in [1.29, 1.82) is 0 Å². The molecule has 1 aromatic heterocycles. The van der Waals surface area contributed by atoms with Gasteiger partial charge in [-0.25, -0.2) is 0 Å². The summed E-state index contributed by atoms with van der Waals surface area (Å²) in [6, 6.07) is 8.03. The van der Waals surface area contributed by atoms with Gasteiger partial charge in [0, 0.05) is 24.0 Å². The Balaban J connectivity index is 1.76. The third-order valence-corrected chi connectivity index (χ3v) is 4.01. The van der Waals surface area contributed by atoms with E-state index in [0.717, 1.165) is 30.4 Å². The van der Waals surface area contributed by atoms with E-state index in [4.69, 9.17) is 10.3 Å². The van der Waals surface area contributed by atoms with Gasteiger partial charge in [-0.3, -0.25) is 4.79 Å². The molecular formula is C15H19N3O2. The van der Waals surface area contributed by atoms with Crippen molar-refractivity contribution < 1.29 is 9.32 Å². The molecule has 2 N–H and O–H groups in total. The summed E-state index contributed by atoms with van der Waals surface area (Å²) in [5, 5.41) is 4.94. The lowest BCUT2D eigenvalue weighted by molar-refractivity contribution is -0.133. The molecule has 3 rings (SSSR count). The molecule has 0 unspecified atom stereocenters. The van der Waals surface area contributed by atoms with Crippen molar-refractivity contribution >= 4 is 16.9 Å². The SMILES string of the molecule is C[C@@H]1C[C@H](N)CCN1C(=O)Cc1noc2ccccc12. The second kappa shape index (κ2) is 5.25. The number of hydrogen-bond acceptors (Lipinski definition) is 4. The molecule has 1 aliphatic rings. The van der Waals surface area contributed by atoms with Crippen molar-refractivity contribution in [1.82, 2.24) is 10.1 Å². The molecule has 1 aliphatic heterocycles. The fourth-order valence-corrected chi connectivity index (χ4v) is 2.89. The van der Waals surface area contributed by atoms with Crippen molar-refractivity contribution in [2.24, 2.45) is 5.73 Å². The van der Waals surface area contributed by atoms with Gasteiger partial charge in [0.1, 0.15) is 5.69 Å². The number of nitrogens with two attached hydrogens (primary N) is 1. The number of rotatable bonds is 2. The minimum Gasteiger partial charge on any atom is -0.356 e. The van der Waals surface area contributed by atoms with E-state index < -0.39 is 0 Å². The van der Waals surface area contributed by atoms with Crippen molar-refractivity contribution in [3.63, 3.8) is 0 Å². The molecule has 0 radical (unpaired) electrons. The topological polar surface area (TPSA) is 72.4 Å². The largest absolute Gasteiger partial charge is 0.356 e. The highest BCUT2D eigenvalue weighted by Gasteiger charge is 2.27. The van der Waals surface area contributed by atoms with Crippen LogP contribution >= 0.6 is 0 Å². The number of carbonyl (C=O) groups is 1. The molecule has 5 heteroatoms. The molecule has 0 saturated carbocycles. The van der Waals surface area contributed by atoms with Crippen molar-refractivity contribution in [2.75, 3.05) is 6.54 Å². The minimum atomic E-state index is 0.100. The third-order valence-electron chi connectivity index (χ3n) is 4.01. The van der Waals surface area contributed by atoms with Gasteiger partial charge in [-0.05, 0) is 31.9 Å². The fourth-order valence-electron chi connectivity index (χ4n) is 2.89. The lowest BCUT2D eigenvalue weighted by Crippen LogP contribution is -2.48. The Kier molecular flexibility index (Phi) is 3.44. The van der Waals surface area contributed by atoms with Crippen LogP contribution in [-0.2, 0) is 11.2 Å². The summed E-state index contributed by atoms with van der Waals surface area (Å²) >= 11 is 0. The number of piperidine rings is 1. The van der Waals surface area contributed by atoms with Crippen LogP contribution < -0.4 is 5.73 Å². The Morgan fingerprint density at radius 2 is 2.30 bits per heavy atom. The van der Waals surface area contributed by atoms with Crippen LogP contribution in [0.4, 0.5) is 0 Å². The van der Waals surface area contributed by atoms with E-state index in [1.807, 2.05) is 29.2 Å². The maximum Gasteiger partial charge on any atom is 0.228 e. The molecule has 1 aromatic carbocycles. The number of aromatic nitrogens is 1. The van der Waals surface area contributed by atoms with E-state index in [0.29, 0.717) is 5.69 Å². The highest BCUT2D eigenvalue weighted by Crippen LogP contribution is 2.21. The number of fused-ring (bicyclic) bond motifs is 1.